The summed E-state index contributed by atoms with van der Waals surface area (Å²) in [5.74, 6) is -1.76. The number of carbonyl (C=O) groups excluding carboxylic acids is 2. The van der Waals surface area contributed by atoms with Crippen molar-refractivity contribution < 1.29 is 19.5 Å². The molecule has 2 N–H and O–H groups in total. The monoisotopic (exact) mass is 288 g/mol. The first-order valence-electron chi connectivity index (χ1n) is 4.71. The first-order valence-corrected chi connectivity index (χ1v) is 5.51. The summed E-state index contributed by atoms with van der Waals surface area (Å²) in [4.78, 5) is 34.9. The van der Waals surface area contributed by atoms with Gasteiger partial charge in [-0.15, -0.1) is 0 Å². The average molecular weight is 289 g/mol. The largest absolute Gasteiger partial charge is 0.480 e. The van der Waals surface area contributed by atoms with E-state index in [0.717, 1.165) is 4.90 Å². The second-order valence-electron chi connectivity index (χ2n) is 3.69. The summed E-state index contributed by atoms with van der Waals surface area (Å²) in [6, 6.07) is -1.07. The Balaban J connectivity index is 2.09. The number of imide groups is 1. The van der Waals surface area contributed by atoms with Crippen LogP contribution in [0.2, 0.25) is 0 Å². The lowest BCUT2D eigenvalue weighted by atomic mass is 10.1. The molecule has 0 radical (unpaired) electrons. The van der Waals surface area contributed by atoms with Gasteiger partial charge in [-0.1, -0.05) is 0 Å². The topological polar surface area (TPSA) is 86.7 Å². The highest BCUT2D eigenvalue weighted by Gasteiger charge is 2.40. The molecular weight excluding hydrogens is 280 g/mol. The number of amides is 2. The van der Waals surface area contributed by atoms with Gasteiger partial charge in [0.15, 0.2) is 0 Å². The van der Waals surface area contributed by atoms with E-state index in [1.54, 1.807) is 0 Å². The lowest BCUT2D eigenvalue weighted by molar-refractivity contribution is -0.142. The Bertz CT molecular complexity index is 406. The molecule has 2 amide bonds. The van der Waals surface area contributed by atoms with Crippen LogP contribution in [0, 0.1) is 0 Å². The Hall–Kier alpha value is -1.21. The second kappa shape index (κ2) is 3.99. The van der Waals surface area contributed by atoms with Crippen LogP contribution < -0.4 is 5.32 Å². The minimum atomic E-state index is -0.964. The fraction of sp³-hybridized carbons (Fsp3) is 0.444. The van der Waals surface area contributed by atoms with Gasteiger partial charge in [0.2, 0.25) is 0 Å². The molecule has 2 atom stereocenters. The summed E-state index contributed by atoms with van der Waals surface area (Å²) >= 11 is 2.99. The number of carboxylic acids is 1. The molecule has 0 aromatic rings. The molecule has 6 nitrogen and oxygen atoms in total. The lowest BCUT2D eigenvalue weighted by Gasteiger charge is -2.20. The van der Waals surface area contributed by atoms with Gasteiger partial charge in [-0.3, -0.25) is 19.3 Å². The molecule has 0 bridgehead atoms. The molecule has 0 aromatic heterocycles. The Morgan fingerprint density at radius 3 is 2.69 bits per heavy atom. The second-order valence-corrected chi connectivity index (χ2v) is 4.55. The van der Waals surface area contributed by atoms with Crippen LogP contribution in [0.25, 0.3) is 0 Å². The molecular formula is C9H9BrN2O4. The van der Waals surface area contributed by atoms with Crippen LogP contribution >= 0.6 is 15.9 Å². The van der Waals surface area contributed by atoms with Crippen LogP contribution in [0.3, 0.4) is 0 Å². The van der Waals surface area contributed by atoms with Crippen molar-refractivity contribution in [2.45, 2.75) is 18.5 Å². The molecule has 16 heavy (non-hydrogen) atoms. The first kappa shape index (κ1) is 11.3. The summed E-state index contributed by atoms with van der Waals surface area (Å²) < 4.78 is 0.219. The van der Waals surface area contributed by atoms with E-state index in [4.69, 9.17) is 5.11 Å². The maximum absolute atomic E-state index is 11.6. The Morgan fingerprint density at radius 2 is 2.25 bits per heavy atom. The average Bonchev–Trinajstić information content (AvgIpc) is 2.74. The normalized spacial score (nSPS) is 29.8. The van der Waals surface area contributed by atoms with E-state index < -0.39 is 23.8 Å². The number of halogens is 1. The van der Waals surface area contributed by atoms with Crippen LogP contribution in [0.4, 0.5) is 0 Å². The number of hydrogen-bond donors (Lipinski definition) is 2. The summed E-state index contributed by atoms with van der Waals surface area (Å²) in [5, 5.41) is 11.5. The van der Waals surface area contributed by atoms with Crippen LogP contribution in [0.5, 0.6) is 0 Å². The van der Waals surface area contributed by atoms with Gasteiger partial charge in [-0.25, -0.2) is 0 Å². The molecule has 2 rings (SSSR count). The standard InChI is InChI=1S/C9H9BrN2O4/c10-5-2-7(13)12(8(5)14)4-1-6(9(15)16)11-3-4/h2,4,6,11H,1,3H2,(H,15,16)/t4-,6-/m0/s1. The lowest BCUT2D eigenvalue weighted by Crippen LogP contribution is -2.41. The molecule has 7 heteroatoms. The third kappa shape index (κ3) is 1.76. The Kier molecular flexibility index (Phi) is 2.81. The van der Waals surface area contributed by atoms with Crippen LogP contribution in [-0.4, -0.2) is 46.4 Å². The molecule has 86 valence electrons. The van der Waals surface area contributed by atoms with Gasteiger partial charge in [-0.2, -0.15) is 0 Å². The number of aliphatic carboxylic acids is 1. The fourth-order valence-corrected chi connectivity index (χ4v) is 2.29. The number of nitrogens with zero attached hydrogens (tertiary/aromatic N) is 1. The summed E-state index contributed by atoms with van der Waals surface area (Å²) in [5.41, 5.74) is 0. The van der Waals surface area contributed by atoms with Gasteiger partial charge in [0.25, 0.3) is 11.8 Å². The zero-order chi connectivity index (χ0) is 11.9. The van der Waals surface area contributed by atoms with Gasteiger partial charge in [0, 0.05) is 12.6 Å². The quantitative estimate of drug-likeness (QED) is 0.666. The van der Waals surface area contributed by atoms with Crippen molar-refractivity contribution in [2.24, 2.45) is 0 Å². The minimum absolute atomic E-state index is 0.219. The number of rotatable bonds is 2. The highest BCUT2D eigenvalue weighted by atomic mass is 79.9. The predicted octanol–water partition coefficient (Wildman–Crippen LogP) is -0.551. The number of carboxylic acid groups (broad SMARTS) is 1. The third-order valence-corrected chi connectivity index (χ3v) is 3.25. The molecule has 2 aliphatic rings. The van der Waals surface area contributed by atoms with Crippen molar-refractivity contribution in [1.29, 1.82) is 0 Å². The summed E-state index contributed by atoms with van der Waals surface area (Å²) in [6.45, 7) is 0.322. The maximum atomic E-state index is 11.6. The van der Waals surface area contributed by atoms with Gasteiger partial charge in [-0.05, 0) is 22.4 Å². The smallest absolute Gasteiger partial charge is 0.320 e. The zero-order valence-corrected chi connectivity index (χ0v) is 9.73. The van der Waals surface area contributed by atoms with E-state index in [2.05, 4.69) is 21.2 Å². The molecule has 0 aromatic carbocycles. The van der Waals surface area contributed by atoms with Crippen LogP contribution in [-0.2, 0) is 14.4 Å². The Labute approximate surface area is 99.4 Å². The summed E-state index contributed by atoms with van der Waals surface area (Å²) in [6.07, 6.45) is 1.46. The van der Waals surface area contributed by atoms with Crippen LogP contribution in [0.15, 0.2) is 10.6 Å². The molecule has 2 heterocycles. The molecule has 2 aliphatic heterocycles. The van der Waals surface area contributed by atoms with Crippen molar-refractivity contribution in [3.63, 3.8) is 0 Å². The van der Waals surface area contributed by atoms with Gasteiger partial charge in [0.1, 0.15) is 6.04 Å². The highest BCUT2D eigenvalue weighted by molar-refractivity contribution is 9.12. The van der Waals surface area contributed by atoms with Crippen molar-refractivity contribution in [1.82, 2.24) is 10.2 Å². The van der Waals surface area contributed by atoms with E-state index in [1.807, 2.05) is 0 Å². The maximum Gasteiger partial charge on any atom is 0.320 e. The van der Waals surface area contributed by atoms with Crippen molar-refractivity contribution >= 4 is 33.7 Å². The van der Waals surface area contributed by atoms with Crippen LogP contribution in [0.1, 0.15) is 6.42 Å². The van der Waals surface area contributed by atoms with E-state index in [9.17, 15) is 14.4 Å². The van der Waals surface area contributed by atoms with Crippen molar-refractivity contribution in [3.05, 3.63) is 10.6 Å². The predicted molar refractivity (Wildman–Crippen MR) is 56.7 cm³/mol. The van der Waals surface area contributed by atoms with Gasteiger partial charge in [0.05, 0.1) is 10.5 Å². The van der Waals surface area contributed by atoms with Crippen molar-refractivity contribution in [3.8, 4) is 0 Å². The summed E-state index contributed by atoms with van der Waals surface area (Å²) in [7, 11) is 0. The molecule has 0 saturated carbocycles. The van der Waals surface area contributed by atoms with Crippen molar-refractivity contribution in [2.75, 3.05) is 6.54 Å². The highest BCUT2D eigenvalue weighted by Crippen LogP contribution is 2.24. The molecule has 0 unspecified atom stereocenters. The van der Waals surface area contributed by atoms with E-state index in [1.165, 1.54) is 6.08 Å². The number of hydrogen-bond acceptors (Lipinski definition) is 4. The molecule has 1 saturated heterocycles. The van der Waals surface area contributed by atoms with E-state index in [-0.39, 0.29) is 16.9 Å². The number of carbonyl (C=O) groups is 3. The molecule has 0 spiro atoms. The third-order valence-electron chi connectivity index (χ3n) is 2.68. The van der Waals surface area contributed by atoms with Gasteiger partial charge < -0.3 is 10.4 Å². The van der Waals surface area contributed by atoms with Gasteiger partial charge >= 0.3 is 5.97 Å². The minimum Gasteiger partial charge on any atom is -0.480 e. The molecule has 0 aliphatic carbocycles. The first-order chi connectivity index (χ1) is 7.50. The Morgan fingerprint density at radius 1 is 1.56 bits per heavy atom. The zero-order valence-electron chi connectivity index (χ0n) is 8.14. The van der Waals surface area contributed by atoms with E-state index in [0.29, 0.717) is 6.54 Å². The van der Waals surface area contributed by atoms with E-state index >= 15 is 0 Å². The fourth-order valence-electron chi connectivity index (χ4n) is 1.90. The SMILES string of the molecule is O=C(O)[C@@H]1C[C@H](N2C(=O)C=C(Br)C2=O)CN1. The molecule has 1 fully saturated rings. The number of nitrogens with one attached hydrogen (secondary N) is 1.